The summed E-state index contributed by atoms with van der Waals surface area (Å²) >= 11 is 3.19. The number of methoxy groups -OCH3 is 1. The van der Waals surface area contributed by atoms with Crippen molar-refractivity contribution in [3.05, 3.63) is 32.8 Å². The summed E-state index contributed by atoms with van der Waals surface area (Å²) in [6, 6.07) is 3.82. The highest BCUT2D eigenvalue weighted by Crippen LogP contribution is 2.34. The fraction of sp³-hybridized carbons (Fsp3) is 0.417. The number of halogens is 1. The van der Waals surface area contributed by atoms with Crippen LogP contribution < -0.4 is 10.1 Å². The van der Waals surface area contributed by atoms with Crippen LogP contribution in [0.25, 0.3) is 0 Å². The quantitative estimate of drug-likeness (QED) is 0.460. The molecule has 8 heteroatoms. The van der Waals surface area contributed by atoms with Gasteiger partial charge in [0.2, 0.25) is 5.75 Å². The third-order valence-corrected chi connectivity index (χ3v) is 3.10. The van der Waals surface area contributed by atoms with Gasteiger partial charge in [-0.2, -0.15) is 0 Å². The molecule has 1 unspecified atom stereocenters. The molecule has 0 fully saturated rings. The van der Waals surface area contributed by atoms with Crippen LogP contribution in [-0.2, 0) is 9.53 Å². The van der Waals surface area contributed by atoms with Gasteiger partial charge in [0.05, 0.1) is 16.5 Å². The minimum Gasteiger partial charge on any atom is -0.484 e. The second-order valence-electron chi connectivity index (χ2n) is 3.79. The molecule has 1 atom stereocenters. The molecule has 110 valence electrons. The van der Waals surface area contributed by atoms with E-state index < -0.39 is 16.9 Å². The van der Waals surface area contributed by atoms with E-state index in [1.807, 2.05) is 6.92 Å². The van der Waals surface area contributed by atoms with Crippen molar-refractivity contribution >= 4 is 27.6 Å². The lowest BCUT2D eigenvalue weighted by Crippen LogP contribution is -2.42. The van der Waals surface area contributed by atoms with E-state index in [1.165, 1.54) is 19.2 Å². The molecule has 0 saturated heterocycles. The Morgan fingerprint density at radius 2 is 2.25 bits per heavy atom. The van der Waals surface area contributed by atoms with Gasteiger partial charge in [0.1, 0.15) is 12.6 Å². The third-order valence-electron chi connectivity index (χ3n) is 2.47. The molecule has 20 heavy (non-hydrogen) atoms. The first-order valence-electron chi connectivity index (χ1n) is 5.88. The van der Waals surface area contributed by atoms with Gasteiger partial charge in [-0.25, -0.2) is 0 Å². The zero-order valence-corrected chi connectivity index (χ0v) is 12.7. The summed E-state index contributed by atoms with van der Waals surface area (Å²) < 4.78 is 10.5. The van der Waals surface area contributed by atoms with Gasteiger partial charge in [0.25, 0.3) is 0 Å². The van der Waals surface area contributed by atoms with Crippen molar-refractivity contribution in [1.29, 1.82) is 0 Å². The molecule has 0 aromatic heterocycles. The van der Waals surface area contributed by atoms with Crippen molar-refractivity contribution in [2.75, 3.05) is 20.3 Å². The van der Waals surface area contributed by atoms with Crippen molar-refractivity contribution in [1.82, 2.24) is 5.32 Å². The predicted molar refractivity (Wildman–Crippen MR) is 75.8 cm³/mol. The number of para-hydroxylation sites is 1. The summed E-state index contributed by atoms with van der Waals surface area (Å²) in [5.74, 6) is -0.397. The van der Waals surface area contributed by atoms with Gasteiger partial charge < -0.3 is 14.8 Å². The van der Waals surface area contributed by atoms with Crippen LogP contribution in [0.5, 0.6) is 5.75 Å². The van der Waals surface area contributed by atoms with Gasteiger partial charge in [0.15, 0.2) is 0 Å². The van der Waals surface area contributed by atoms with Crippen LogP contribution in [-0.4, -0.2) is 37.2 Å². The van der Waals surface area contributed by atoms with E-state index in [0.29, 0.717) is 11.0 Å². The summed E-state index contributed by atoms with van der Waals surface area (Å²) in [5, 5.41) is 13.8. The highest BCUT2D eigenvalue weighted by molar-refractivity contribution is 9.10. The number of ether oxygens (including phenoxy) is 2. The second-order valence-corrected chi connectivity index (χ2v) is 4.64. The van der Waals surface area contributed by atoms with Gasteiger partial charge in [-0.3, -0.25) is 14.9 Å². The Hall–Kier alpha value is -1.67. The number of benzene rings is 1. The van der Waals surface area contributed by atoms with Crippen LogP contribution in [0.15, 0.2) is 22.7 Å². The minimum absolute atomic E-state index is 0.0655. The Kier molecular flexibility index (Phi) is 6.40. The van der Waals surface area contributed by atoms with Gasteiger partial charge in [-0.1, -0.05) is 13.0 Å². The molecule has 0 radical (unpaired) electrons. The number of carbonyl (C=O) groups excluding carboxylic acids is 1. The van der Waals surface area contributed by atoms with Crippen LogP contribution >= 0.6 is 15.9 Å². The first kappa shape index (κ1) is 16.4. The highest BCUT2D eigenvalue weighted by Gasteiger charge is 2.23. The average molecular weight is 347 g/mol. The Morgan fingerprint density at radius 3 is 2.80 bits per heavy atom. The summed E-state index contributed by atoms with van der Waals surface area (Å²) in [6.45, 7) is 2.31. The number of hydrogen-bond donors (Lipinski definition) is 1. The van der Waals surface area contributed by atoms with Gasteiger partial charge in [-0.15, -0.1) is 0 Å². The molecule has 0 aliphatic heterocycles. The monoisotopic (exact) mass is 346 g/mol. The third kappa shape index (κ3) is 4.17. The molecule has 7 nitrogen and oxygen atoms in total. The maximum atomic E-state index is 11.5. The number of likely N-dealkylation sites (N-methyl/N-ethyl adjacent to an activating group) is 1. The number of hydrogen-bond acceptors (Lipinski definition) is 6. The molecule has 1 rings (SSSR count). The molecule has 0 bridgehead atoms. The first-order chi connectivity index (χ1) is 9.51. The molecule has 1 aromatic rings. The fourth-order valence-corrected chi connectivity index (χ4v) is 2.02. The largest absolute Gasteiger partial charge is 0.484 e. The summed E-state index contributed by atoms with van der Waals surface area (Å²) in [4.78, 5) is 21.9. The molecule has 0 saturated carbocycles. The van der Waals surface area contributed by atoms with E-state index in [-0.39, 0.29) is 18.0 Å². The maximum Gasteiger partial charge on any atom is 0.326 e. The number of nitro groups is 1. The topological polar surface area (TPSA) is 90.7 Å². The number of rotatable bonds is 7. The maximum absolute atomic E-state index is 11.5. The number of carbonyl (C=O) groups is 1. The highest BCUT2D eigenvalue weighted by atomic mass is 79.9. The molecule has 0 aliphatic carbocycles. The second kappa shape index (κ2) is 7.81. The van der Waals surface area contributed by atoms with Crippen LogP contribution in [0.2, 0.25) is 0 Å². The molecule has 1 N–H and O–H groups in total. The molecular formula is C12H15BrN2O5. The van der Waals surface area contributed by atoms with Crippen molar-refractivity contribution in [3.8, 4) is 5.75 Å². The van der Waals surface area contributed by atoms with Crippen molar-refractivity contribution in [2.45, 2.75) is 13.0 Å². The van der Waals surface area contributed by atoms with Crippen molar-refractivity contribution in [2.24, 2.45) is 0 Å². The van der Waals surface area contributed by atoms with E-state index >= 15 is 0 Å². The number of nitrogens with one attached hydrogen (secondary N) is 1. The number of nitrogens with zero attached hydrogens (tertiary/aromatic N) is 1. The molecule has 0 aliphatic rings. The van der Waals surface area contributed by atoms with Crippen molar-refractivity contribution < 1.29 is 19.2 Å². The number of esters is 1. The standard InChI is InChI=1S/C12H15BrN2O5/c1-3-14-9(12(16)19-2)7-20-11-8(13)5-4-6-10(11)15(17)18/h4-6,9,14H,3,7H2,1-2H3. The lowest BCUT2D eigenvalue weighted by Gasteiger charge is -2.16. The Morgan fingerprint density at radius 1 is 1.55 bits per heavy atom. The summed E-state index contributed by atoms with van der Waals surface area (Å²) in [7, 11) is 1.27. The van der Waals surface area contributed by atoms with Crippen LogP contribution in [0.3, 0.4) is 0 Å². The number of nitro benzene ring substituents is 1. The lowest BCUT2D eigenvalue weighted by molar-refractivity contribution is -0.386. The van der Waals surface area contributed by atoms with E-state index in [1.54, 1.807) is 6.07 Å². The van der Waals surface area contributed by atoms with E-state index in [4.69, 9.17) is 4.74 Å². The summed E-state index contributed by atoms with van der Waals surface area (Å²) in [6.07, 6.45) is 0. The molecule has 0 amide bonds. The molecule has 0 heterocycles. The van der Waals surface area contributed by atoms with E-state index in [0.717, 1.165) is 0 Å². The minimum atomic E-state index is -0.684. The van der Waals surface area contributed by atoms with Gasteiger partial charge in [0, 0.05) is 6.07 Å². The SMILES string of the molecule is CCNC(COc1c(Br)cccc1[N+](=O)[O-])C(=O)OC. The smallest absolute Gasteiger partial charge is 0.326 e. The zero-order valence-electron chi connectivity index (χ0n) is 11.1. The fourth-order valence-electron chi connectivity index (χ4n) is 1.55. The van der Waals surface area contributed by atoms with Crippen LogP contribution in [0, 0.1) is 10.1 Å². The molecular weight excluding hydrogens is 332 g/mol. The van der Waals surface area contributed by atoms with Crippen molar-refractivity contribution in [3.63, 3.8) is 0 Å². The summed E-state index contributed by atoms with van der Waals surface area (Å²) in [5.41, 5.74) is -0.167. The molecule has 1 aromatic carbocycles. The Labute approximate surface area is 124 Å². The van der Waals surface area contributed by atoms with E-state index in [9.17, 15) is 14.9 Å². The zero-order chi connectivity index (χ0) is 15.1. The van der Waals surface area contributed by atoms with E-state index in [2.05, 4.69) is 26.0 Å². The normalized spacial score (nSPS) is 11.8. The predicted octanol–water partition coefficient (Wildman–Crippen LogP) is 1.89. The van der Waals surface area contributed by atoms with Crippen LogP contribution in [0.4, 0.5) is 5.69 Å². The van der Waals surface area contributed by atoms with Gasteiger partial charge in [-0.05, 0) is 28.5 Å². The first-order valence-corrected chi connectivity index (χ1v) is 6.67. The lowest BCUT2D eigenvalue weighted by atomic mass is 10.3. The molecule has 0 spiro atoms. The Balaban J connectivity index is 2.87. The van der Waals surface area contributed by atoms with Gasteiger partial charge >= 0.3 is 11.7 Å². The van der Waals surface area contributed by atoms with Crippen LogP contribution in [0.1, 0.15) is 6.92 Å². The average Bonchev–Trinajstić information content (AvgIpc) is 2.43. The Bertz CT molecular complexity index is 495.